The largest absolute Gasteiger partial charge is 0.448 e. The summed E-state index contributed by atoms with van der Waals surface area (Å²) >= 11 is 0. The predicted molar refractivity (Wildman–Crippen MR) is 36.1 cm³/mol. The molecule has 0 radical (unpaired) electrons. The summed E-state index contributed by atoms with van der Waals surface area (Å²) in [7, 11) is -3.65. The molecule has 1 N–H and O–H groups in total. The molecule has 0 atom stereocenters. The number of amides is 1. The van der Waals surface area contributed by atoms with Crippen molar-refractivity contribution >= 4 is 16.2 Å². The van der Waals surface area contributed by atoms with Gasteiger partial charge < -0.3 is 4.74 Å². The van der Waals surface area contributed by atoms with E-state index in [1.54, 1.807) is 12.4 Å². The summed E-state index contributed by atoms with van der Waals surface area (Å²) in [5.74, 6) is 0. The molecule has 66 valence electrons. The molecule has 7 heteroatoms. The van der Waals surface area contributed by atoms with Gasteiger partial charge in [0.25, 0.3) is 10.1 Å². The van der Waals surface area contributed by atoms with E-state index in [1.807, 2.05) is 0 Å². The fourth-order valence-corrected chi connectivity index (χ4v) is 0.490. The van der Waals surface area contributed by atoms with E-state index in [4.69, 9.17) is 0 Å². The van der Waals surface area contributed by atoms with Crippen molar-refractivity contribution in [1.82, 2.24) is 5.48 Å². The van der Waals surface area contributed by atoms with Gasteiger partial charge in [-0.3, -0.25) is 0 Å². The van der Waals surface area contributed by atoms with Crippen LogP contribution >= 0.6 is 0 Å². The normalized spacial score (nSPS) is 10.7. The van der Waals surface area contributed by atoms with E-state index in [9.17, 15) is 13.2 Å². The van der Waals surface area contributed by atoms with E-state index in [2.05, 4.69) is 9.02 Å². The molecule has 11 heavy (non-hydrogen) atoms. The van der Waals surface area contributed by atoms with Gasteiger partial charge in [0.05, 0.1) is 12.9 Å². The molecule has 0 bridgehead atoms. The van der Waals surface area contributed by atoms with Crippen LogP contribution in [0.4, 0.5) is 4.79 Å². The topological polar surface area (TPSA) is 81.7 Å². The molecule has 0 fully saturated rings. The van der Waals surface area contributed by atoms with Gasteiger partial charge in [-0.15, -0.1) is 4.28 Å². The number of hydrogen-bond donors (Lipinski definition) is 1. The molecule has 0 rings (SSSR count). The minimum absolute atomic E-state index is 0.152. The van der Waals surface area contributed by atoms with Crippen LogP contribution in [0.25, 0.3) is 0 Å². The summed E-state index contributed by atoms with van der Waals surface area (Å²) < 4.78 is 28.7. The van der Waals surface area contributed by atoms with Crippen molar-refractivity contribution < 1.29 is 22.2 Å². The Morgan fingerprint density at radius 3 is 2.45 bits per heavy atom. The number of hydrogen-bond acceptors (Lipinski definition) is 5. The molecule has 0 saturated heterocycles. The Balaban J connectivity index is 3.64. The number of carbonyl (C=O) groups is 1. The van der Waals surface area contributed by atoms with Crippen molar-refractivity contribution in [2.75, 3.05) is 12.9 Å². The average molecular weight is 183 g/mol. The zero-order valence-electron chi connectivity index (χ0n) is 6.16. The number of hydroxylamine groups is 1. The van der Waals surface area contributed by atoms with Crippen molar-refractivity contribution in [2.45, 2.75) is 6.92 Å². The Bertz CT molecular complexity index is 221. The molecular formula is C4H9NO5S. The van der Waals surface area contributed by atoms with Crippen LogP contribution in [-0.2, 0) is 19.1 Å². The SMILES string of the molecule is CCOC(=O)NOS(C)(=O)=O. The summed E-state index contributed by atoms with van der Waals surface area (Å²) in [6.07, 6.45) is -0.128. The van der Waals surface area contributed by atoms with Gasteiger partial charge in [0.2, 0.25) is 0 Å². The number of rotatable bonds is 3. The maximum absolute atomic E-state index is 10.4. The first-order valence-corrected chi connectivity index (χ1v) is 4.58. The Labute approximate surface area is 64.6 Å². The molecule has 0 spiro atoms. The molecular weight excluding hydrogens is 174 g/mol. The lowest BCUT2D eigenvalue weighted by Crippen LogP contribution is -2.27. The highest BCUT2D eigenvalue weighted by atomic mass is 32.2. The minimum Gasteiger partial charge on any atom is -0.448 e. The molecule has 0 heterocycles. The lowest BCUT2D eigenvalue weighted by molar-refractivity contribution is 0.107. The molecule has 0 saturated carbocycles. The monoisotopic (exact) mass is 183 g/mol. The quantitative estimate of drug-likeness (QED) is 0.603. The Hall–Kier alpha value is -0.820. The smallest absolute Gasteiger partial charge is 0.432 e. The molecule has 0 aromatic heterocycles. The third-order valence-corrected chi connectivity index (χ3v) is 0.938. The Morgan fingerprint density at radius 2 is 2.09 bits per heavy atom. The van der Waals surface area contributed by atoms with Crippen LogP contribution < -0.4 is 5.48 Å². The fraction of sp³-hybridized carbons (Fsp3) is 0.750. The van der Waals surface area contributed by atoms with Gasteiger partial charge in [-0.2, -0.15) is 13.9 Å². The van der Waals surface area contributed by atoms with Crippen LogP contribution in [0, 0.1) is 0 Å². The van der Waals surface area contributed by atoms with Crippen molar-refractivity contribution in [3.63, 3.8) is 0 Å². The molecule has 0 aliphatic carbocycles. The third kappa shape index (κ3) is 7.07. The summed E-state index contributed by atoms with van der Waals surface area (Å²) in [6.45, 7) is 1.74. The molecule has 0 aliphatic rings. The number of nitrogens with one attached hydrogen (secondary N) is 1. The Kier molecular flexibility index (Phi) is 3.83. The van der Waals surface area contributed by atoms with Crippen LogP contribution in [0.5, 0.6) is 0 Å². The molecule has 6 nitrogen and oxygen atoms in total. The fourth-order valence-electron chi connectivity index (χ4n) is 0.270. The van der Waals surface area contributed by atoms with Crippen LogP contribution in [-0.4, -0.2) is 27.4 Å². The third-order valence-electron chi connectivity index (χ3n) is 0.552. The lowest BCUT2D eigenvalue weighted by Gasteiger charge is -2.01. The van der Waals surface area contributed by atoms with E-state index in [0.29, 0.717) is 0 Å². The van der Waals surface area contributed by atoms with Gasteiger partial charge in [0.15, 0.2) is 0 Å². The van der Waals surface area contributed by atoms with Crippen molar-refractivity contribution in [3.8, 4) is 0 Å². The van der Waals surface area contributed by atoms with Crippen molar-refractivity contribution in [2.24, 2.45) is 0 Å². The zero-order chi connectivity index (χ0) is 8.91. The van der Waals surface area contributed by atoms with E-state index < -0.39 is 16.2 Å². The first-order valence-electron chi connectivity index (χ1n) is 2.77. The van der Waals surface area contributed by atoms with Gasteiger partial charge in [-0.05, 0) is 6.92 Å². The van der Waals surface area contributed by atoms with Crippen LogP contribution in [0.2, 0.25) is 0 Å². The molecule has 1 amide bonds. The van der Waals surface area contributed by atoms with Gasteiger partial charge in [-0.25, -0.2) is 4.79 Å². The van der Waals surface area contributed by atoms with Gasteiger partial charge in [0.1, 0.15) is 0 Å². The number of ether oxygens (including phenoxy) is 1. The minimum atomic E-state index is -3.65. The summed E-state index contributed by atoms with van der Waals surface area (Å²) in [4.78, 5) is 10.4. The first-order chi connectivity index (χ1) is 4.95. The standard InChI is InChI=1S/C4H9NO5S/c1-3-9-4(6)5-10-11(2,7)8/h3H2,1-2H3,(H,5,6). The highest BCUT2D eigenvalue weighted by Crippen LogP contribution is 1.82. The second-order valence-electron chi connectivity index (χ2n) is 1.61. The van der Waals surface area contributed by atoms with E-state index >= 15 is 0 Å². The summed E-state index contributed by atoms with van der Waals surface area (Å²) in [5, 5.41) is 0. The number of carbonyl (C=O) groups excluding carboxylic acids is 1. The van der Waals surface area contributed by atoms with Gasteiger partial charge in [-0.1, -0.05) is 0 Å². The molecule has 0 unspecified atom stereocenters. The van der Waals surface area contributed by atoms with Crippen molar-refractivity contribution in [3.05, 3.63) is 0 Å². The maximum Gasteiger partial charge on any atom is 0.432 e. The molecule has 0 aliphatic heterocycles. The van der Waals surface area contributed by atoms with Gasteiger partial charge in [0, 0.05) is 0 Å². The van der Waals surface area contributed by atoms with Crippen LogP contribution in [0.1, 0.15) is 6.92 Å². The average Bonchev–Trinajstić information content (AvgIpc) is 1.83. The second kappa shape index (κ2) is 4.14. The van der Waals surface area contributed by atoms with E-state index in [1.165, 1.54) is 0 Å². The zero-order valence-corrected chi connectivity index (χ0v) is 6.97. The second-order valence-corrected chi connectivity index (χ2v) is 3.18. The summed E-state index contributed by atoms with van der Waals surface area (Å²) in [5.41, 5.74) is 1.57. The summed E-state index contributed by atoms with van der Waals surface area (Å²) in [6, 6.07) is 0. The van der Waals surface area contributed by atoms with E-state index in [-0.39, 0.29) is 6.61 Å². The maximum atomic E-state index is 10.4. The Morgan fingerprint density at radius 1 is 1.55 bits per heavy atom. The van der Waals surface area contributed by atoms with Crippen molar-refractivity contribution in [1.29, 1.82) is 0 Å². The van der Waals surface area contributed by atoms with Crippen LogP contribution in [0.15, 0.2) is 0 Å². The highest BCUT2D eigenvalue weighted by molar-refractivity contribution is 7.85. The van der Waals surface area contributed by atoms with Gasteiger partial charge >= 0.3 is 6.09 Å². The van der Waals surface area contributed by atoms with Crippen LogP contribution in [0.3, 0.4) is 0 Å². The van der Waals surface area contributed by atoms with E-state index in [0.717, 1.165) is 6.26 Å². The predicted octanol–water partition coefficient (Wildman–Crippen LogP) is -0.376. The molecule has 0 aromatic carbocycles. The first kappa shape index (κ1) is 10.2. The lowest BCUT2D eigenvalue weighted by atomic mass is 10.9. The molecule has 0 aromatic rings. The highest BCUT2D eigenvalue weighted by Gasteiger charge is 2.05.